The second-order valence-electron chi connectivity index (χ2n) is 6.38. The Morgan fingerprint density at radius 3 is 2.26 bits per heavy atom. The van der Waals surface area contributed by atoms with Crippen LogP contribution >= 0.6 is 0 Å². The van der Waals surface area contributed by atoms with Gasteiger partial charge in [0, 0.05) is 5.56 Å². The largest absolute Gasteiger partial charge is 0.496 e. The zero-order valence-electron chi connectivity index (χ0n) is 11.8. The fraction of sp³-hybridized carbons (Fsp3) is 0.588. The summed E-state index contributed by atoms with van der Waals surface area (Å²) in [7, 11) is 1.76. The molecule has 0 aliphatic heterocycles. The Hall–Kier alpha value is -1.49. The number of fused-ring (bicyclic) bond motifs is 3. The number of aryl methyl sites for hydroxylation is 1. The third-order valence-corrected chi connectivity index (χ3v) is 5.41. The molecule has 3 saturated carbocycles. The number of nitriles is 1. The van der Waals surface area contributed by atoms with Crippen molar-refractivity contribution in [1.82, 2.24) is 0 Å². The molecule has 19 heavy (non-hydrogen) atoms. The summed E-state index contributed by atoms with van der Waals surface area (Å²) in [5.74, 6) is 1.02. The van der Waals surface area contributed by atoms with Gasteiger partial charge in [-0.15, -0.1) is 0 Å². The van der Waals surface area contributed by atoms with Gasteiger partial charge in [-0.1, -0.05) is 17.7 Å². The van der Waals surface area contributed by atoms with Gasteiger partial charge >= 0.3 is 0 Å². The molecule has 2 nitrogen and oxygen atoms in total. The zero-order valence-corrected chi connectivity index (χ0v) is 11.8. The van der Waals surface area contributed by atoms with E-state index >= 15 is 0 Å². The molecule has 0 spiro atoms. The molecule has 0 N–H and O–H groups in total. The minimum Gasteiger partial charge on any atom is -0.496 e. The van der Waals surface area contributed by atoms with Crippen LogP contribution in [0.5, 0.6) is 5.75 Å². The van der Waals surface area contributed by atoms with Crippen molar-refractivity contribution in [1.29, 1.82) is 5.26 Å². The van der Waals surface area contributed by atoms with Crippen LogP contribution < -0.4 is 4.74 Å². The van der Waals surface area contributed by atoms with Gasteiger partial charge in [-0.05, 0) is 56.9 Å². The summed E-state index contributed by atoms with van der Waals surface area (Å²) < 4.78 is 5.58. The summed E-state index contributed by atoms with van der Waals surface area (Å²) in [4.78, 5) is 0. The molecule has 2 bridgehead atoms. The Labute approximate surface area is 115 Å². The molecule has 4 rings (SSSR count). The predicted octanol–water partition coefficient (Wildman–Crippen LogP) is 4.12. The fourth-order valence-corrected chi connectivity index (χ4v) is 3.99. The Bertz CT molecular complexity index is 516. The normalized spacial score (nSPS) is 32.9. The fourth-order valence-electron chi connectivity index (χ4n) is 3.99. The molecule has 2 heteroatoms. The van der Waals surface area contributed by atoms with E-state index in [-0.39, 0.29) is 10.8 Å². The van der Waals surface area contributed by atoms with Crippen LogP contribution in [0.1, 0.15) is 49.7 Å². The third kappa shape index (κ3) is 1.84. The standard InChI is InChI=1S/C17H21NO/c1-13-3-4-15(19-2)14(11-13)17-8-5-16(12-18,6-9-17)7-10-17/h3-4,11H,5-10H2,1-2H3. The number of nitrogens with zero attached hydrogens (tertiary/aromatic N) is 1. The summed E-state index contributed by atoms with van der Waals surface area (Å²) in [6, 6.07) is 9.09. The number of ether oxygens (including phenoxy) is 1. The van der Waals surface area contributed by atoms with E-state index in [9.17, 15) is 5.26 Å². The molecule has 0 amide bonds. The summed E-state index contributed by atoms with van der Waals surface area (Å²) in [5.41, 5.74) is 2.92. The molecule has 0 aromatic heterocycles. The molecule has 1 aromatic carbocycles. The molecule has 0 radical (unpaired) electrons. The summed E-state index contributed by atoms with van der Waals surface area (Å²) in [5, 5.41) is 9.39. The Morgan fingerprint density at radius 1 is 1.11 bits per heavy atom. The molecule has 1 aromatic rings. The molecule has 100 valence electrons. The maximum absolute atomic E-state index is 9.39. The molecule has 0 saturated heterocycles. The average molecular weight is 255 g/mol. The van der Waals surface area contributed by atoms with Gasteiger partial charge in [0.2, 0.25) is 0 Å². The number of benzene rings is 1. The van der Waals surface area contributed by atoms with E-state index in [4.69, 9.17) is 4.74 Å². The van der Waals surface area contributed by atoms with Crippen molar-refractivity contribution in [2.45, 2.75) is 50.9 Å². The molecular weight excluding hydrogens is 234 g/mol. The van der Waals surface area contributed by atoms with Gasteiger partial charge < -0.3 is 4.74 Å². The van der Waals surface area contributed by atoms with Crippen LogP contribution in [0.4, 0.5) is 0 Å². The van der Waals surface area contributed by atoms with Crippen molar-refractivity contribution in [3.8, 4) is 11.8 Å². The van der Waals surface area contributed by atoms with E-state index in [1.54, 1.807) is 7.11 Å². The van der Waals surface area contributed by atoms with E-state index < -0.39 is 0 Å². The lowest BCUT2D eigenvalue weighted by atomic mass is 9.52. The lowest BCUT2D eigenvalue weighted by Crippen LogP contribution is -2.43. The topological polar surface area (TPSA) is 33.0 Å². The Kier molecular flexibility index (Phi) is 2.82. The first-order chi connectivity index (χ1) is 9.13. The molecule has 3 aliphatic rings. The van der Waals surface area contributed by atoms with Crippen LogP contribution in [0.2, 0.25) is 0 Å². The first kappa shape index (κ1) is 12.5. The van der Waals surface area contributed by atoms with Crippen molar-refractivity contribution in [3.63, 3.8) is 0 Å². The van der Waals surface area contributed by atoms with Gasteiger partial charge in [-0.2, -0.15) is 5.26 Å². The molecule has 3 fully saturated rings. The lowest BCUT2D eigenvalue weighted by Gasteiger charge is -2.51. The van der Waals surface area contributed by atoms with Crippen LogP contribution in [0.15, 0.2) is 18.2 Å². The quantitative estimate of drug-likeness (QED) is 0.796. The summed E-state index contributed by atoms with van der Waals surface area (Å²) in [6.07, 6.45) is 6.59. The van der Waals surface area contributed by atoms with Crippen molar-refractivity contribution in [2.24, 2.45) is 5.41 Å². The monoisotopic (exact) mass is 255 g/mol. The van der Waals surface area contributed by atoms with E-state index in [1.807, 2.05) is 0 Å². The van der Waals surface area contributed by atoms with Crippen molar-refractivity contribution in [2.75, 3.05) is 7.11 Å². The molecule has 0 unspecified atom stereocenters. The number of methoxy groups -OCH3 is 1. The first-order valence-electron chi connectivity index (χ1n) is 7.20. The first-order valence-corrected chi connectivity index (χ1v) is 7.20. The second-order valence-corrected chi connectivity index (χ2v) is 6.38. The van der Waals surface area contributed by atoms with Crippen molar-refractivity contribution >= 4 is 0 Å². The number of hydrogen-bond acceptors (Lipinski definition) is 2. The minimum atomic E-state index is -0.0151. The van der Waals surface area contributed by atoms with Gasteiger partial charge in [0.25, 0.3) is 0 Å². The molecule has 0 atom stereocenters. The molecule has 0 heterocycles. The maximum atomic E-state index is 9.39. The lowest BCUT2D eigenvalue weighted by molar-refractivity contribution is 0.0830. The van der Waals surface area contributed by atoms with Crippen LogP contribution in [0, 0.1) is 23.7 Å². The van der Waals surface area contributed by atoms with E-state index in [0.29, 0.717) is 0 Å². The molecule has 3 aliphatic carbocycles. The van der Waals surface area contributed by atoms with Crippen molar-refractivity contribution in [3.05, 3.63) is 29.3 Å². The van der Waals surface area contributed by atoms with Crippen LogP contribution in [0.3, 0.4) is 0 Å². The highest BCUT2D eigenvalue weighted by Gasteiger charge is 2.50. The average Bonchev–Trinajstić information content (AvgIpc) is 2.49. The highest BCUT2D eigenvalue weighted by atomic mass is 16.5. The molecular formula is C17H21NO. The van der Waals surface area contributed by atoms with E-state index in [1.165, 1.54) is 11.1 Å². The van der Waals surface area contributed by atoms with E-state index in [0.717, 1.165) is 44.3 Å². The minimum absolute atomic E-state index is 0.0151. The Morgan fingerprint density at radius 2 is 1.74 bits per heavy atom. The van der Waals surface area contributed by atoms with Gasteiger partial charge in [0.1, 0.15) is 5.75 Å². The summed E-state index contributed by atoms with van der Waals surface area (Å²) in [6.45, 7) is 2.14. The van der Waals surface area contributed by atoms with Crippen LogP contribution in [-0.4, -0.2) is 7.11 Å². The third-order valence-electron chi connectivity index (χ3n) is 5.41. The predicted molar refractivity (Wildman–Crippen MR) is 75.2 cm³/mol. The summed E-state index contributed by atoms with van der Waals surface area (Å²) >= 11 is 0. The van der Waals surface area contributed by atoms with Gasteiger partial charge in [0.15, 0.2) is 0 Å². The second kappa shape index (κ2) is 4.27. The Balaban J connectivity index is 2.00. The smallest absolute Gasteiger partial charge is 0.122 e. The van der Waals surface area contributed by atoms with E-state index in [2.05, 4.69) is 31.2 Å². The number of rotatable bonds is 2. The van der Waals surface area contributed by atoms with Crippen molar-refractivity contribution < 1.29 is 4.74 Å². The van der Waals surface area contributed by atoms with Gasteiger partial charge in [-0.3, -0.25) is 0 Å². The zero-order chi connectivity index (χ0) is 13.5. The van der Waals surface area contributed by atoms with Gasteiger partial charge in [0.05, 0.1) is 18.6 Å². The number of hydrogen-bond donors (Lipinski definition) is 0. The maximum Gasteiger partial charge on any atom is 0.122 e. The van der Waals surface area contributed by atoms with Crippen LogP contribution in [0.25, 0.3) is 0 Å². The van der Waals surface area contributed by atoms with Crippen LogP contribution in [-0.2, 0) is 5.41 Å². The highest BCUT2D eigenvalue weighted by Crippen LogP contribution is 2.58. The highest BCUT2D eigenvalue weighted by molar-refractivity contribution is 5.44. The SMILES string of the molecule is COc1ccc(C)cc1C12CCC(C#N)(CC1)CC2. The van der Waals surface area contributed by atoms with Gasteiger partial charge in [-0.25, -0.2) is 0 Å².